The summed E-state index contributed by atoms with van der Waals surface area (Å²) in [6.45, 7) is 11.3. The van der Waals surface area contributed by atoms with Crippen LogP contribution in [0.25, 0.3) is 21.9 Å². The molecule has 19 heteroatoms. The second kappa shape index (κ2) is 25.1. The van der Waals surface area contributed by atoms with Crippen molar-refractivity contribution in [2.45, 2.75) is 46.1 Å². The Kier molecular flexibility index (Phi) is 18.0. The Morgan fingerprint density at radius 2 is 1.46 bits per heavy atom. The van der Waals surface area contributed by atoms with Crippen LogP contribution in [0.1, 0.15) is 68.8 Å². The van der Waals surface area contributed by atoms with Crippen LogP contribution < -0.4 is 21.9 Å². The van der Waals surface area contributed by atoms with Gasteiger partial charge in [-0.3, -0.25) is 28.9 Å². The lowest BCUT2D eigenvalue weighted by atomic mass is 9.95. The van der Waals surface area contributed by atoms with Gasteiger partial charge in [0.25, 0.3) is 17.4 Å². The van der Waals surface area contributed by atoms with Crippen LogP contribution in [-0.2, 0) is 29.0 Å². The van der Waals surface area contributed by atoms with Crippen LogP contribution in [0.15, 0.2) is 96.2 Å². The lowest BCUT2D eigenvalue weighted by Crippen LogP contribution is -2.55. The van der Waals surface area contributed by atoms with Gasteiger partial charge in [-0.2, -0.15) is 5.10 Å². The number of nitrogens with zero attached hydrogens (tertiary/aromatic N) is 9. The number of pyridine rings is 1. The van der Waals surface area contributed by atoms with E-state index in [0.29, 0.717) is 92.4 Å². The number of piperazine rings is 2. The van der Waals surface area contributed by atoms with Crippen molar-refractivity contribution < 1.29 is 23.6 Å². The predicted molar refractivity (Wildman–Crippen MR) is 282 cm³/mol. The van der Waals surface area contributed by atoms with Gasteiger partial charge in [-0.1, -0.05) is 55.5 Å². The highest BCUT2D eigenvalue weighted by Gasteiger charge is 2.31. The van der Waals surface area contributed by atoms with Crippen LogP contribution in [0, 0.1) is 18.7 Å². The number of likely N-dealkylation sites (tertiary alicyclic amines) is 1. The Morgan fingerprint density at radius 1 is 0.743 bits per heavy atom. The number of halogens is 1. The van der Waals surface area contributed by atoms with Crippen LogP contribution in [-0.4, -0.2) is 165 Å². The van der Waals surface area contributed by atoms with Crippen molar-refractivity contribution in [3.63, 3.8) is 0 Å². The van der Waals surface area contributed by atoms with Crippen LogP contribution in [0.5, 0.6) is 0 Å². The maximum Gasteiger partial charge on any atom is 0.274 e. The topological polar surface area (TPSA) is 219 Å². The van der Waals surface area contributed by atoms with Crippen molar-refractivity contribution in [1.29, 1.82) is 0 Å². The van der Waals surface area contributed by atoms with E-state index in [1.165, 1.54) is 25.0 Å². The first kappa shape index (κ1) is 53.0. The molecule has 388 valence electrons. The normalized spacial score (nSPS) is 15.7. The molecule has 9 rings (SSSR count). The SMILES string of the molecule is CCc1cccc(-c2cnc(C(=O)N3CCC(CN4CCN(CC(=O)N5CCN(C(=O)c6cc(Cc7n[nH]c(=O)c8ccccc78)ccc6F)CC5)CC4)CC3)c(NC(=O)CNCc3cc(C)ncn3)c2)c1.CN. The largest absolute Gasteiger partial charge is 0.338 e. The predicted octanol–water partition coefficient (Wildman–Crippen LogP) is 4.13. The number of hydrogen-bond acceptors (Lipinski definition) is 13. The number of aryl methyl sites for hydroxylation is 2. The summed E-state index contributed by atoms with van der Waals surface area (Å²) in [7, 11) is 1.50. The summed E-state index contributed by atoms with van der Waals surface area (Å²) in [5.41, 5.74) is 10.6. The summed E-state index contributed by atoms with van der Waals surface area (Å²) in [6.07, 6.45) is 6.08. The van der Waals surface area contributed by atoms with E-state index < -0.39 is 11.7 Å². The van der Waals surface area contributed by atoms with Crippen molar-refractivity contribution in [3.8, 4) is 11.1 Å². The summed E-state index contributed by atoms with van der Waals surface area (Å²) in [6, 6.07) is 23.5. The van der Waals surface area contributed by atoms with E-state index in [2.05, 4.69) is 70.4 Å². The molecule has 0 saturated carbocycles. The summed E-state index contributed by atoms with van der Waals surface area (Å²) in [5.74, 6) is -1.11. The Labute approximate surface area is 430 Å². The molecule has 3 aliphatic heterocycles. The number of nitrogens with two attached hydrogens (primary N) is 1. The molecular formula is C55H66FN13O5. The summed E-state index contributed by atoms with van der Waals surface area (Å²) in [4.78, 5) is 89.7. The fourth-order valence-electron chi connectivity index (χ4n) is 9.89. The number of H-pyrrole nitrogens is 1. The number of aromatic nitrogens is 5. The molecule has 5 N–H and O–H groups in total. The number of nitrogens with one attached hydrogen (secondary N) is 3. The second-order valence-corrected chi connectivity index (χ2v) is 19.0. The fraction of sp³-hybridized carbons (Fsp3) is 0.400. The van der Waals surface area contributed by atoms with Gasteiger partial charge in [-0.15, -0.1) is 0 Å². The highest BCUT2D eigenvalue weighted by atomic mass is 19.1. The molecule has 0 bridgehead atoms. The molecule has 74 heavy (non-hydrogen) atoms. The van der Waals surface area contributed by atoms with Gasteiger partial charge < -0.3 is 36.0 Å². The number of anilines is 1. The number of fused-ring (bicyclic) bond motifs is 1. The number of benzene rings is 3. The number of carbonyl (C=O) groups excluding carboxylic acids is 4. The zero-order chi connectivity index (χ0) is 52.1. The van der Waals surface area contributed by atoms with Crippen molar-refractivity contribution in [1.82, 2.24) is 55.0 Å². The Hall–Kier alpha value is -7.32. The maximum atomic E-state index is 15.1. The Bertz CT molecular complexity index is 3000. The van der Waals surface area contributed by atoms with E-state index in [1.54, 1.807) is 40.3 Å². The molecule has 3 saturated heterocycles. The van der Waals surface area contributed by atoms with Crippen molar-refractivity contribution in [3.05, 3.63) is 147 Å². The lowest BCUT2D eigenvalue weighted by molar-refractivity contribution is -0.134. The van der Waals surface area contributed by atoms with E-state index >= 15 is 4.39 Å². The minimum absolute atomic E-state index is 0.0178. The Balaban J connectivity index is 0.00000360. The summed E-state index contributed by atoms with van der Waals surface area (Å²) < 4.78 is 15.1. The van der Waals surface area contributed by atoms with Crippen molar-refractivity contribution in [2.75, 3.05) is 97.4 Å². The highest BCUT2D eigenvalue weighted by Crippen LogP contribution is 2.28. The number of amides is 4. The lowest BCUT2D eigenvalue weighted by Gasteiger charge is -2.40. The van der Waals surface area contributed by atoms with E-state index in [0.717, 1.165) is 74.5 Å². The third kappa shape index (κ3) is 13.3. The maximum absolute atomic E-state index is 15.1. The van der Waals surface area contributed by atoms with Crippen LogP contribution in [0.4, 0.5) is 10.1 Å². The number of hydrogen-bond donors (Lipinski definition) is 4. The molecule has 6 heterocycles. The number of rotatable bonds is 15. The first-order chi connectivity index (χ1) is 36.0. The van der Waals surface area contributed by atoms with E-state index in [9.17, 15) is 24.0 Å². The average molecular weight is 1010 g/mol. The standard InChI is InChI=1S/C54H61FN12O5.CH5N/c1-3-37-7-6-8-40(26-37)41-29-48(60-49(68)32-56-31-42-25-36(2)58-35-59-42)51(57-30-41)54(72)66-15-13-38(14-16-66)33-63-17-19-64(20-18-63)34-50(69)65-21-23-67(24-22-65)53(71)45-27-39(11-12-46(45)55)28-47-43-9-4-5-10-44(43)52(70)62-61-47;1-2/h4-12,25-27,29-30,35,38,56H,3,13-24,28,31-34H2,1-2H3,(H,60,68)(H,62,70);2H2,1H3. The molecule has 4 amide bonds. The summed E-state index contributed by atoms with van der Waals surface area (Å²) >= 11 is 0. The van der Waals surface area contributed by atoms with E-state index in [-0.39, 0.29) is 41.1 Å². The molecule has 6 aromatic rings. The average Bonchev–Trinajstić information content (AvgIpc) is 3.43. The van der Waals surface area contributed by atoms with Gasteiger partial charge in [0.15, 0.2) is 5.69 Å². The number of carbonyl (C=O) groups is 4. The van der Waals surface area contributed by atoms with Gasteiger partial charge in [0, 0.05) is 108 Å². The number of piperidine rings is 1. The zero-order valence-electron chi connectivity index (χ0n) is 42.5. The Morgan fingerprint density at radius 3 is 2.20 bits per heavy atom. The molecule has 0 spiro atoms. The third-order valence-corrected chi connectivity index (χ3v) is 14.1. The van der Waals surface area contributed by atoms with Crippen molar-refractivity contribution in [2.24, 2.45) is 11.7 Å². The smallest absolute Gasteiger partial charge is 0.274 e. The molecule has 3 aromatic heterocycles. The summed E-state index contributed by atoms with van der Waals surface area (Å²) in [5, 5.41) is 14.1. The minimum Gasteiger partial charge on any atom is -0.338 e. The second-order valence-electron chi connectivity index (χ2n) is 19.0. The molecule has 0 unspecified atom stereocenters. The van der Waals surface area contributed by atoms with Gasteiger partial charge in [0.1, 0.15) is 12.1 Å². The highest BCUT2D eigenvalue weighted by molar-refractivity contribution is 6.03. The van der Waals surface area contributed by atoms with Gasteiger partial charge in [-0.05, 0) is 86.2 Å². The molecule has 0 radical (unpaired) electrons. The van der Waals surface area contributed by atoms with E-state index in [1.807, 2.05) is 48.2 Å². The van der Waals surface area contributed by atoms with Crippen LogP contribution in [0.2, 0.25) is 0 Å². The van der Waals surface area contributed by atoms with Gasteiger partial charge >= 0.3 is 0 Å². The quantitative estimate of drug-likeness (QED) is 0.114. The third-order valence-electron chi connectivity index (χ3n) is 14.1. The molecule has 3 aromatic carbocycles. The molecular weight excluding hydrogens is 942 g/mol. The monoisotopic (exact) mass is 1010 g/mol. The van der Waals surface area contributed by atoms with Crippen molar-refractivity contribution >= 4 is 40.1 Å². The van der Waals surface area contributed by atoms with E-state index in [4.69, 9.17) is 0 Å². The molecule has 3 aliphatic rings. The van der Waals surface area contributed by atoms with Crippen LogP contribution in [0.3, 0.4) is 0 Å². The first-order valence-corrected chi connectivity index (χ1v) is 25.5. The van der Waals surface area contributed by atoms with Crippen LogP contribution >= 0.6 is 0 Å². The fourth-order valence-corrected chi connectivity index (χ4v) is 9.89. The number of aromatic amines is 1. The minimum atomic E-state index is -0.612. The molecule has 0 atom stereocenters. The zero-order valence-corrected chi connectivity index (χ0v) is 42.5. The molecule has 3 fully saturated rings. The molecule has 0 aliphatic carbocycles. The van der Waals surface area contributed by atoms with Gasteiger partial charge in [-0.25, -0.2) is 24.4 Å². The first-order valence-electron chi connectivity index (χ1n) is 25.5. The molecule has 18 nitrogen and oxygen atoms in total. The van der Waals surface area contributed by atoms with Gasteiger partial charge in [0.05, 0.1) is 41.1 Å². The van der Waals surface area contributed by atoms with Gasteiger partial charge in [0.2, 0.25) is 11.8 Å².